The van der Waals surface area contributed by atoms with Gasteiger partial charge in [-0.3, -0.25) is 4.98 Å². The van der Waals surface area contributed by atoms with Crippen LogP contribution in [0.25, 0.3) is 88.5 Å². The molecule has 0 aliphatic carbocycles. The molecule has 47 heavy (non-hydrogen) atoms. The highest BCUT2D eigenvalue weighted by molar-refractivity contribution is 6.25. The number of nitrogens with zero attached hydrogens (tertiary/aromatic N) is 3. The van der Waals surface area contributed by atoms with Gasteiger partial charge in [0.15, 0.2) is 5.82 Å². The highest BCUT2D eigenvalue weighted by Crippen LogP contribution is 2.40. The van der Waals surface area contributed by atoms with Crippen LogP contribution in [0.5, 0.6) is 0 Å². The lowest BCUT2D eigenvalue weighted by Gasteiger charge is -2.15. The first-order valence-corrected chi connectivity index (χ1v) is 15.6. The van der Waals surface area contributed by atoms with Crippen molar-refractivity contribution in [3.63, 3.8) is 0 Å². The van der Waals surface area contributed by atoms with Crippen molar-refractivity contribution in [3.05, 3.63) is 164 Å². The molecule has 0 amide bonds. The van der Waals surface area contributed by atoms with Crippen molar-refractivity contribution in [3.8, 4) is 56.2 Å². The molecule has 2 heterocycles. The standard InChI is InChI=1S/C43H26FN3/c44-34-20-16-28(17-21-34)39-25-40(37-9-2-1-8-35(37)33-7-4-24-45-26-33)47-43(46-39)32-14-10-27(11-15-32)36-22-18-31-13-12-29-5-3-6-30-19-23-38(36)42(31)41(29)30/h1-26H. The third-order valence-electron chi connectivity index (χ3n) is 9.02. The van der Waals surface area contributed by atoms with Gasteiger partial charge in [-0.25, -0.2) is 14.4 Å². The lowest BCUT2D eigenvalue weighted by molar-refractivity contribution is 0.628. The average molecular weight is 604 g/mol. The highest BCUT2D eigenvalue weighted by atomic mass is 19.1. The molecule has 3 nitrogen and oxygen atoms in total. The Kier molecular flexibility index (Phi) is 6.32. The predicted octanol–water partition coefficient (Wildman–Crippen LogP) is 11.2. The fraction of sp³-hybridized carbons (Fsp3) is 0. The Labute approximate surface area is 271 Å². The molecular weight excluding hydrogens is 577 g/mol. The van der Waals surface area contributed by atoms with E-state index in [-0.39, 0.29) is 5.82 Å². The monoisotopic (exact) mass is 603 g/mol. The van der Waals surface area contributed by atoms with E-state index in [4.69, 9.17) is 9.97 Å². The maximum atomic E-state index is 13.9. The molecule has 4 heteroatoms. The normalized spacial score (nSPS) is 11.5. The van der Waals surface area contributed by atoms with E-state index in [2.05, 4.69) is 96.0 Å². The van der Waals surface area contributed by atoms with Crippen LogP contribution in [0.3, 0.4) is 0 Å². The average Bonchev–Trinajstić information content (AvgIpc) is 3.14. The van der Waals surface area contributed by atoms with Crippen LogP contribution < -0.4 is 0 Å². The second-order valence-electron chi connectivity index (χ2n) is 11.8. The Bertz CT molecular complexity index is 2540. The van der Waals surface area contributed by atoms with Crippen molar-refractivity contribution < 1.29 is 4.39 Å². The largest absolute Gasteiger partial charge is 0.264 e. The van der Waals surface area contributed by atoms with Crippen molar-refractivity contribution >= 4 is 32.3 Å². The van der Waals surface area contributed by atoms with E-state index < -0.39 is 0 Å². The summed E-state index contributed by atoms with van der Waals surface area (Å²) in [5.41, 5.74) is 8.54. The minimum Gasteiger partial charge on any atom is -0.264 e. The summed E-state index contributed by atoms with van der Waals surface area (Å²) < 4.78 is 13.9. The van der Waals surface area contributed by atoms with Crippen molar-refractivity contribution in [2.24, 2.45) is 0 Å². The third-order valence-corrected chi connectivity index (χ3v) is 9.02. The van der Waals surface area contributed by atoms with Crippen molar-refractivity contribution in [2.45, 2.75) is 0 Å². The van der Waals surface area contributed by atoms with E-state index >= 15 is 0 Å². The van der Waals surface area contributed by atoms with Crippen LogP contribution >= 0.6 is 0 Å². The Hall–Kier alpha value is -6.26. The number of hydrogen-bond acceptors (Lipinski definition) is 3. The van der Waals surface area contributed by atoms with Gasteiger partial charge in [-0.05, 0) is 85.4 Å². The number of benzene rings is 7. The van der Waals surface area contributed by atoms with Crippen molar-refractivity contribution in [1.29, 1.82) is 0 Å². The lowest BCUT2D eigenvalue weighted by Crippen LogP contribution is -1.97. The van der Waals surface area contributed by atoms with Crippen molar-refractivity contribution in [2.75, 3.05) is 0 Å². The van der Waals surface area contributed by atoms with Crippen LogP contribution in [0.15, 0.2) is 158 Å². The summed E-state index contributed by atoms with van der Waals surface area (Å²) in [5.74, 6) is 0.317. The van der Waals surface area contributed by atoms with E-state index in [0.29, 0.717) is 5.82 Å². The quantitative estimate of drug-likeness (QED) is 0.184. The zero-order valence-electron chi connectivity index (χ0n) is 25.2. The highest BCUT2D eigenvalue weighted by Gasteiger charge is 2.16. The fourth-order valence-corrected chi connectivity index (χ4v) is 6.75. The van der Waals surface area contributed by atoms with Gasteiger partial charge in [0.05, 0.1) is 11.4 Å². The zero-order valence-corrected chi connectivity index (χ0v) is 25.2. The molecule has 0 unspecified atom stereocenters. The molecule has 0 spiro atoms. The van der Waals surface area contributed by atoms with Gasteiger partial charge in [0.25, 0.3) is 0 Å². The second-order valence-corrected chi connectivity index (χ2v) is 11.8. The van der Waals surface area contributed by atoms with E-state index in [0.717, 1.165) is 44.8 Å². The molecule has 9 aromatic rings. The van der Waals surface area contributed by atoms with Crippen LogP contribution in [0, 0.1) is 5.82 Å². The Morgan fingerprint density at radius 3 is 1.85 bits per heavy atom. The van der Waals surface area contributed by atoms with E-state index in [9.17, 15) is 4.39 Å². The van der Waals surface area contributed by atoms with Crippen LogP contribution in [0.4, 0.5) is 4.39 Å². The Balaban J connectivity index is 1.18. The molecule has 0 aliphatic rings. The molecule has 0 bridgehead atoms. The van der Waals surface area contributed by atoms with Gasteiger partial charge in [-0.15, -0.1) is 0 Å². The molecule has 9 rings (SSSR count). The number of halogens is 1. The topological polar surface area (TPSA) is 38.7 Å². The molecule has 0 saturated heterocycles. The summed E-state index contributed by atoms with van der Waals surface area (Å²) in [7, 11) is 0. The summed E-state index contributed by atoms with van der Waals surface area (Å²) in [6.07, 6.45) is 3.63. The molecule has 0 saturated carbocycles. The summed E-state index contributed by atoms with van der Waals surface area (Å²) in [6, 6.07) is 48.9. The Morgan fingerprint density at radius 1 is 0.426 bits per heavy atom. The fourth-order valence-electron chi connectivity index (χ4n) is 6.75. The zero-order chi connectivity index (χ0) is 31.3. The molecule has 0 fully saturated rings. The molecule has 7 aromatic carbocycles. The smallest absolute Gasteiger partial charge is 0.160 e. The summed E-state index contributed by atoms with van der Waals surface area (Å²) in [4.78, 5) is 14.4. The van der Waals surface area contributed by atoms with E-state index in [1.54, 1.807) is 18.3 Å². The Morgan fingerprint density at radius 2 is 1.09 bits per heavy atom. The number of aromatic nitrogens is 3. The third kappa shape index (κ3) is 4.70. The lowest BCUT2D eigenvalue weighted by atomic mass is 9.90. The van der Waals surface area contributed by atoms with Crippen molar-refractivity contribution in [1.82, 2.24) is 15.0 Å². The van der Waals surface area contributed by atoms with Crippen LogP contribution in [0.2, 0.25) is 0 Å². The second kappa shape index (κ2) is 11.0. The van der Waals surface area contributed by atoms with Gasteiger partial charge < -0.3 is 0 Å². The molecule has 2 aromatic heterocycles. The summed E-state index contributed by atoms with van der Waals surface area (Å²) >= 11 is 0. The first-order chi connectivity index (χ1) is 23.2. The predicted molar refractivity (Wildman–Crippen MR) is 191 cm³/mol. The molecule has 0 atom stereocenters. The van der Waals surface area contributed by atoms with Gasteiger partial charge in [-0.1, -0.05) is 109 Å². The van der Waals surface area contributed by atoms with E-state index in [1.807, 2.05) is 36.5 Å². The van der Waals surface area contributed by atoms with E-state index in [1.165, 1.54) is 50.0 Å². The van der Waals surface area contributed by atoms with Gasteiger partial charge in [-0.2, -0.15) is 0 Å². The first kappa shape index (κ1) is 27.1. The maximum Gasteiger partial charge on any atom is 0.160 e. The molecule has 0 radical (unpaired) electrons. The van der Waals surface area contributed by atoms with Gasteiger partial charge >= 0.3 is 0 Å². The minimum atomic E-state index is -0.285. The number of rotatable bonds is 5. The van der Waals surface area contributed by atoms with Crippen LogP contribution in [-0.2, 0) is 0 Å². The number of pyridine rings is 1. The van der Waals surface area contributed by atoms with Gasteiger partial charge in [0.2, 0.25) is 0 Å². The SMILES string of the molecule is Fc1ccc(-c2cc(-c3ccccc3-c3cccnc3)nc(-c3ccc(-c4ccc5ccc6cccc7ccc4c5c67)cc3)n2)cc1. The minimum absolute atomic E-state index is 0.285. The molecular formula is C43H26FN3. The first-order valence-electron chi connectivity index (χ1n) is 15.6. The van der Waals surface area contributed by atoms with Crippen LogP contribution in [-0.4, -0.2) is 15.0 Å². The van der Waals surface area contributed by atoms with Gasteiger partial charge in [0.1, 0.15) is 5.82 Å². The summed E-state index contributed by atoms with van der Waals surface area (Å²) in [5, 5.41) is 7.61. The molecule has 220 valence electrons. The number of hydrogen-bond donors (Lipinski definition) is 0. The molecule has 0 N–H and O–H groups in total. The summed E-state index contributed by atoms with van der Waals surface area (Å²) in [6.45, 7) is 0. The molecule has 0 aliphatic heterocycles. The van der Waals surface area contributed by atoms with Crippen LogP contribution in [0.1, 0.15) is 0 Å². The maximum absolute atomic E-state index is 13.9. The van der Waals surface area contributed by atoms with Gasteiger partial charge in [0, 0.05) is 34.6 Å².